The van der Waals surface area contributed by atoms with Crippen LogP contribution in [0.5, 0.6) is 5.75 Å². The summed E-state index contributed by atoms with van der Waals surface area (Å²) in [5.74, 6) is -5.21. The highest BCUT2D eigenvalue weighted by molar-refractivity contribution is 6.58. The maximum atomic E-state index is 15.0. The fraction of sp³-hybridized carbons (Fsp3) is 0.200. The van der Waals surface area contributed by atoms with Gasteiger partial charge in [0.25, 0.3) is 0 Å². The average Bonchev–Trinajstić information content (AvgIpc) is 3.39. The lowest BCUT2D eigenvalue weighted by Crippen LogP contribution is -2.58. The average molecular weight is 650 g/mol. The molecule has 1 aliphatic heterocycles. The van der Waals surface area contributed by atoms with Gasteiger partial charge in [-0.1, -0.05) is 103 Å². The quantitative estimate of drug-likeness (QED) is 0.169. The van der Waals surface area contributed by atoms with Gasteiger partial charge in [0.2, 0.25) is 11.8 Å². The van der Waals surface area contributed by atoms with Crippen LogP contribution in [-0.4, -0.2) is 45.7 Å². The predicted molar refractivity (Wildman–Crippen MR) is 183 cm³/mol. The smallest absolute Gasteiger partial charge is 0.488 e. The van der Waals surface area contributed by atoms with E-state index in [0.29, 0.717) is 22.3 Å². The molecule has 6 atom stereocenters. The standard InChI is InChI=1S/C40H32BNO7/c43-33-17-8-7-16-28(33)36-27-18-19-29-35(39(47)42(38(29)46)26-15-9-14-25(20-26)41(48)49)31(27)21-32-37(45)30(23-10-3-1-4-11-23)22-34(44)40(32,36)24-12-5-2-6-13-24/h1-18,20,22,29,31-32,35-36,43,48-49H,19,21H2/t29-,31+,32-,35-,36+,40-/m0/s1. The van der Waals surface area contributed by atoms with Gasteiger partial charge in [0.1, 0.15) is 5.75 Å². The number of phenols is 1. The molecule has 8 rings (SSSR count). The molecule has 242 valence electrons. The van der Waals surface area contributed by atoms with E-state index in [-0.39, 0.29) is 41.3 Å². The second-order valence-electron chi connectivity index (χ2n) is 13.3. The van der Waals surface area contributed by atoms with Gasteiger partial charge in [0.05, 0.1) is 22.9 Å². The number of fused-ring (bicyclic) bond motifs is 4. The van der Waals surface area contributed by atoms with Gasteiger partial charge in [-0.2, -0.15) is 0 Å². The SMILES string of the molecule is O=C1C(c2ccccc2)=CC(=O)[C@@]2(c3ccccc3)[C@@H](c3ccccc3O)C3=CC[C@@H]4C(=O)N(c5cccc(B(O)O)c5)C(=O)[C@@H]4[C@@H]3C[C@@H]12. The fourth-order valence-corrected chi connectivity index (χ4v) is 9.03. The molecule has 0 unspecified atom stereocenters. The highest BCUT2D eigenvalue weighted by Gasteiger charge is 2.66. The van der Waals surface area contributed by atoms with Crippen LogP contribution >= 0.6 is 0 Å². The Labute approximate surface area is 283 Å². The summed E-state index contributed by atoms with van der Waals surface area (Å²) >= 11 is 0. The van der Waals surface area contributed by atoms with Crippen molar-refractivity contribution in [2.24, 2.45) is 23.7 Å². The van der Waals surface area contributed by atoms with Crippen LogP contribution in [0, 0.1) is 23.7 Å². The Kier molecular flexibility index (Phi) is 7.35. The minimum Gasteiger partial charge on any atom is -0.508 e. The number of para-hydroxylation sites is 1. The van der Waals surface area contributed by atoms with Crippen LogP contribution in [0.1, 0.15) is 35.4 Å². The van der Waals surface area contributed by atoms with Crippen molar-refractivity contribution in [3.63, 3.8) is 0 Å². The minimum absolute atomic E-state index is 0.0295. The molecule has 8 nitrogen and oxygen atoms in total. The molecule has 0 spiro atoms. The van der Waals surface area contributed by atoms with Gasteiger partial charge in [-0.05, 0) is 59.6 Å². The topological polar surface area (TPSA) is 132 Å². The van der Waals surface area contributed by atoms with E-state index in [1.54, 1.807) is 48.5 Å². The van der Waals surface area contributed by atoms with Crippen molar-refractivity contribution < 1.29 is 34.3 Å². The van der Waals surface area contributed by atoms with Crippen LogP contribution < -0.4 is 10.4 Å². The second-order valence-corrected chi connectivity index (χ2v) is 13.3. The first-order valence-corrected chi connectivity index (χ1v) is 16.5. The fourth-order valence-electron chi connectivity index (χ4n) is 9.03. The molecule has 0 aromatic heterocycles. The number of carbonyl (C=O) groups excluding carboxylic acids is 4. The molecule has 3 aliphatic carbocycles. The van der Waals surface area contributed by atoms with Crippen LogP contribution in [0.3, 0.4) is 0 Å². The van der Waals surface area contributed by atoms with Crippen LogP contribution in [-0.2, 0) is 24.6 Å². The zero-order valence-electron chi connectivity index (χ0n) is 26.3. The summed E-state index contributed by atoms with van der Waals surface area (Å²) in [6, 6.07) is 31.2. The summed E-state index contributed by atoms with van der Waals surface area (Å²) in [7, 11) is -1.78. The van der Waals surface area contributed by atoms with E-state index < -0.39 is 53.9 Å². The Bertz CT molecular complexity index is 2090. The summed E-state index contributed by atoms with van der Waals surface area (Å²) in [5, 5.41) is 31.0. The lowest BCUT2D eigenvalue weighted by atomic mass is 9.44. The molecule has 9 heteroatoms. The monoisotopic (exact) mass is 649 g/mol. The summed E-state index contributed by atoms with van der Waals surface area (Å²) in [6.45, 7) is 0. The van der Waals surface area contributed by atoms with E-state index in [2.05, 4.69) is 0 Å². The molecule has 49 heavy (non-hydrogen) atoms. The lowest BCUT2D eigenvalue weighted by molar-refractivity contribution is -0.135. The van der Waals surface area contributed by atoms with Crippen molar-refractivity contribution >= 4 is 47.2 Å². The first kappa shape index (κ1) is 30.9. The van der Waals surface area contributed by atoms with Crippen molar-refractivity contribution in [1.29, 1.82) is 0 Å². The molecule has 1 saturated heterocycles. The van der Waals surface area contributed by atoms with E-state index in [1.807, 2.05) is 54.6 Å². The predicted octanol–water partition coefficient (Wildman–Crippen LogP) is 4.10. The molecule has 2 amide bonds. The summed E-state index contributed by atoms with van der Waals surface area (Å²) < 4.78 is 0. The number of rotatable bonds is 5. The number of ketones is 2. The van der Waals surface area contributed by atoms with Gasteiger partial charge in [-0.3, -0.25) is 24.1 Å². The number of nitrogens with zero attached hydrogens (tertiary/aromatic N) is 1. The van der Waals surface area contributed by atoms with Gasteiger partial charge < -0.3 is 15.2 Å². The molecule has 0 bridgehead atoms. The third kappa shape index (κ3) is 4.53. The van der Waals surface area contributed by atoms with Gasteiger partial charge in [-0.15, -0.1) is 0 Å². The van der Waals surface area contributed by atoms with Gasteiger partial charge in [-0.25, -0.2) is 0 Å². The van der Waals surface area contributed by atoms with E-state index in [1.165, 1.54) is 18.2 Å². The zero-order valence-corrected chi connectivity index (χ0v) is 26.3. The Morgan fingerprint density at radius 1 is 0.755 bits per heavy atom. The first-order valence-electron chi connectivity index (χ1n) is 16.5. The van der Waals surface area contributed by atoms with E-state index >= 15 is 4.79 Å². The van der Waals surface area contributed by atoms with Crippen LogP contribution in [0.4, 0.5) is 5.69 Å². The van der Waals surface area contributed by atoms with Crippen molar-refractivity contribution in [2.75, 3.05) is 4.90 Å². The molecule has 4 aromatic carbocycles. The van der Waals surface area contributed by atoms with Crippen LogP contribution in [0.2, 0.25) is 0 Å². The largest absolute Gasteiger partial charge is 0.508 e. The first-order chi connectivity index (χ1) is 23.7. The molecule has 2 fully saturated rings. The third-order valence-corrected chi connectivity index (χ3v) is 11.0. The number of Topliss-reactive ketones (excluding diaryl/α,β-unsaturated/α-hetero) is 1. The lowest BCUT2D eigenvalue weighted by Gasteiger charge is -2.55. The zero-order chi connectivity index (χ0) is 34.0. The Balaban J connectivity index is 1.34. The maximum absolute atomic E-state index is 15.0. The van der Waals surface area contributed by atoms with Crippen molar-refractivity contribution in [3.05, 3.63) is 144 Å². The number of anilines is 1. The normalized spacial score (nSPS) is 27.6. The van der Waals surface area contributed by atoms with Crippen molar-refractivity contribution in [2.45, 2.75) is 24.2 Å². The summed E-state index contributed by atoms with van der Waals surface area (Å²) in [5.41, 5.74) is 1.74. The number of carbonyl (C=O) groups is 4. The minimum atomic E-state index is -1.78. The van der Waals surface area contributed by atoms with Gasteiger partial charge in [0.15, 0.2) is 11.6 Å². The summed E-state index contributed by atoms with van der Waals surface area (Å²) in [4.78, 5) is 59.6. The molecular formula is C40H32BNO7. The summed E-state index contributed by atoms with van der Waals surface area (Å²) in [6.07, 6.45) is 3.77. The number of amides is 2. The third-order valence-electron chi connectivity index (χ3n) is 11.0. The van der Waals surface area contributed by atoms with Crippen LogP contribution in [0.15, 0.2) is 127 Å². The number of imide groups is 1. The molecular weight excluding hydrogens is 617 g/mol. The molecule has 3 N–H and O–H groups in total. The molecule has 4 aliphatic rings. The molecule has 1 saturated carbocycles. The van der Waals surface area contributed by atoms with E-state index in [0.717, 1.165) is 10.5 Å². The van der Waals surface area contributed by atoms with Crippen molar-refractivity contribution in [1.82, 2.24) is 0 Å². The molecule has 4 aromatic rings. The Hall–Kier alpha value is -5.38. The second kappa shape index (κ2) is 11.6. The number of benzene rings is 4. The highest BCUT2D eigenvalue weighted by Crippen LogP contribution is 2.64. The molecule has 1 heterocycles. The van der Waals surface area contributed by atoms with Gasteiger partial charge >= 0.3 is 7.12 Å². The highest BCUT2D eigenvalue weighted by atomic mass is 16.4. The molecule has 0 radical (unpaired) electrons. The number of allylic oxidation sites excluding steroid dienone is 4. The Morgan fingerprint density at radius 3 is 2.16 bits per heavy atom. The van der Waals surface area contributed by atoms with Crippen molar-refractivity contribution in [3.8, 4) is 5.75 Å². The van der Waals surface area contributed by atoms with E-state index in [4.69, 9.17) is 0 Å². The number of hydrogen-bond donors (Lipinski definition) is 3. The number of hydrogen-bond acceptors (Lipinski definition) is 7. The van der Waals surface area contributed by atoms with Crippen LogP contribution in [0.25, 0.3) is 5.57 Å². The number of phenolic OH excluding ortho intramolecular Hbond substituents is 1. The Morgan fingerprint density at radius 2 is 1.45 bits per heavy atom. The van der Waals surface area contributed by atoms with E-state index in [9.17, 15) is 29.5 Å². The number of aromatic hydroxyl groups is 1. The van der Waals surface area contributed by atoms with Gasteiger partial charge in [0, 0.05) is 23.0 Å². The maximum Gasteiger partial charge on any atom is 0.488 e.